The second kappa shape index (κ2) is 12.7. The molecule has 0 aliphatic carbocycles. The molecule has 0 spiro atoms. The predicted octanol–water partition coefficient (Wildman–Crippen LogP) is 11.6. The van der Waals surface area contributed by atoms with Crippen LogP contribution in [0, 0.1) is 0 Å². The lowest BCUT2D eigenvalue weighted by atomic mass is 9.99. The number of hydrogen-bond donors (Lipinski definition) is 0. The molecule has 0 unspecified atom stereocenters. The van der Waals surface area contributed by atoms with Crippen molar-refractivity contribution in [3.63, 3.8) is 0 Å². The van der Waals surface area contributed by atoms with E-state index >= 15 is 0 Å². The van der Waals surface area contributed by atoms with Gasteiger partial charge in [-0.25, -0.2) is 15.0 Å². The number of nitrogens with zero attached hydrogens (tertiary/aromatic N) is 4. The molecule has 4 nitrogen and oxygen atoms in total. The zero-order valence-electron chi connectivity index (χ0n) is 27.1. The zero-order chi connectivity index (χ0) is 33.3. The summed E-state index contributed by atoms with van der Waals surface area (Å²) in [4.78, 5) is 20.1. The molecule has 3 heterocycles. The summed E-state index contributed by atoms with van der Waals surface area (Å²) < 4.78 is 0. The van der Waals surface area contributed by atoms with Crippen molar-refractivity contribution in [2.45, 2.75) is 0 Å². The van der Waals surface area contributed by atoms with Crippen molar-refractivity contribution in [2.24, 2.45) is 0 Å². The number of para-hydroxylation sites is 1. The van der Waals surface area contributed by atoms with Gasteiger partial charge < -0.3 is 0 Å². The van der Waals surface area contributed by atoms with E-state index in [2.05, 4.69) is 146 Å². The van der Waals surface area contributed by atoms with Gasteiger partial charge in [-0.3, -0.25) is 4.98 Å². The van der Waals surface area contributed by atoms with Gasteiger partial charge in [-0.05, 0) is 46.3 Å². The van der Waals surface area contributed by atoms with Crippen molar-refractivity contribution in [3.05, 3.63) is 182 Å². The standard InChI is InChI=1S/C46H30N4/c1-3-12-31(13-4-1)32-22-24-33(25-23-32)43-29-44(50-46(49-43)34-14-5-2-6-15-34)36-17-11-16-35(28-36)37-26-27-42(47-30-37)45-40-20-8-7-18-38(40)39-19-9-10-21-41(39)48-45/h1-30H. The van der Waals surface area contributed by atoms with Gasteiger partial charge in [0.15, 0.2) is 5.82 Å². The summed E-state index contributed by atoms with van der Waals surface area (Å²) in [6, 6.07) is 60.6. The molecule has 0 N–H and O–H groups in total. The van der Waals surface area contributed by atoms with Crippen molar-refractivity contribution >= 4 is 21.7 Å². The largest absolute Gasteiger partial charge is 0.254 e. The Kier molecular flexibility index (Phi) is 7.45. The third-order valence-corrected chi connectivity index (χ3v) is 9.15. The summed E-state index contributed by atoms with van der Waals surface area (Å²) >= 11 is 0. The van der Waals surface area contributed by atoms with E-state index in [4.69, 9.17) is 19.9 Å². The van der Waals surface area contributed by atoms with Crippen LogP contribution in [0.2, 0.25) is 0 Å². The summed E-state index contributed by atoms with van der Waals surface area (Å²) in [6.45, 7) is 0. The molecule has 0 aliphatic heterocycles. The average Bonchev–Trinajstić information content (AvgIpc) is 3.21. The highest BCUT2D eigenvalue weighted by Crippen LogP contribution is 2.34. The minimum Gasteiger partial charge on any atom is -0.254 e. The molecule has 0 atom stereocenters. The maximum absolute atomic E-state index is 5.07. The number of fused-ring (bicyclic) bond motifs is 3. The van der Waals surface area contributed by atoms with Crippen LogP contribution in [-0.4, -0.2) is 19.9 Å². The first-order valence-electron chi connectivity index (χ1n) is 16.7. The van der Waals surface area contributed by atoms with Crippen LogP contribution in [0.1, 0.15) is 0 Å². The quantitative estimate of drug-likeness (QED) is 0.170. The van der Waals surface area contributed by atoms with Crippen molar-refractivity contribution in [1.82, 2.24) is 19.9 Å². The summed E-state index contributed by atoms with van der Waals surface area (Å²) in [5.41, 5.74) is 11.9. The Hall–Kier alpha value is -6.78. The van der Waals surface area contributed by atoms with Crippen molar-refractivity contribution in [1.29, 1.82) is 0 Å². The molecule has 0 aliphatic rings. The molecule has 6 aromatic carbocycles. The van der Waals surface area contributed by atoms with E-state index in [-0.39, 0.29) is 0 Å². The van der Waals surface area contributed by atoms with Crippen LogP contribution in [0.15, 0.2) is 182 Å². The lowest BCUT2D eigenvalue weighted by Crippen LogP contribution is -1.96. The second-order valence-corrected chi connectivity index (χ2v) is 12.3. The molecule has 0 saturated heterocycles. The van der Waals surface area contributed by atoms with Gasteiger partial charge >= 0.3 is 0 Å². The van der Waals surface area contributed by atoms with Crippen molar-refractivity contribution < 1.29 is 0 Å². The van der Waals surface area contributed by atoms with Crippen LogP contribution < -0.4 is 0 Å². The van der Waals surface area contributed by atoms with E-state index in [1.807, 2.05) is 36.5 Å². The molecule has 50 heavy (non-hydrogen) atoms. The van der Waals surface area contributed by atoms with E-state index in [1.165, 1.54) is 16.5 Å². The molecule has 9 rings (SSSR count). The summed E-state index contributed by atoms with van der Waals surface area (Å²) in [5, 5.41) is 3.42. The highest BCUT2D eigenvalue weighted by atomic mass is 14.9. The normalized spacial score (nSPS) is 11.2. The molecule has 0 saturated carbocycles. The van der Waals surface area contributed by atoms with E-state index in [0.717, 1.165) is 66.9 Å². The van der Waals surface area contributed by atoms with Crippen LogP contribution in [-0.2, 0) is 0 Å². The first kappa shape index (κ1) is 29.4. The van der Waals surface area contributed by atoms with Crippen LogP contribution >= 0.6 is 0 Å². The van der Waals surface area contributed by atoms with Crippen LogP contribution in [0.25, 0.3) is 89.2 Å². The van der Waals surface area contributed by atoms with Crippen LogP contribution in [0.4, 0.5) is 0 Å². The monoisotopic (exact) mass is 638 g/mol. The average molecular weight is 639 g/mol. The molecular formula is C46H30N4. The fourth-order valence-corrected chi connectivity index (χ4v) is 6.59. The van der Waals surface area contributed by atoms with E-state index in [1.54, 1.807) is 0 Å². The smallest absolute Gasteiger partial charge is 0.160 e. The zero-order valence-corrected chi connectivity index (χ0v) is 27.1. The fourth-order valence-electron chi connectivity index (χ4n) is 6.59. The van der Waals surface area contributed by atoms with Gasteiger partial charge in [-0.15, -0.1) is 0 Å². The van der Waals surface area contributed by atoms with Gasteiger partial charge in [0.1, 0.15) is 0 Å². The molecule has 9 aromatic rings. The number of aromatic nitrogens is 4. The molecule has 0 fully saturated rings. The third kappa shape index (κ3) is 5.59. The number of pyridine rings is 2. The minimum absolute atomic E-state index is 0.691. The molecule has 0 radical (unpaired) electrons. The van der Waals surface area contributed by atoms with Crippen LogP contribution in [0.3, 0.4) is 0 Å². The summed E-state index contributed by atoms with van der Waals surface area (Å²) in [5.74, 6) is 0.691. The number of hydrogen-bond acceptors (Lipinski definition) is 4. The van der Waals surface area contributed by atoms with Crippen molar-refractivity contribution in [2.75, 3.05) is 0 Å². The van der Waals surface area contributed by atoms with Gasteiger partial charge in [-0.2, -0.15) is 0 Å². The van der Waals surface area contributed by atoms with Gasteiger partial charge in [-0.1, -0.05) is 152 Å². The fraction of sp³-hybridized carbons (Fsp3) is 0. The highest BCUT2D eigenvalue weighted by molar-refractivity contribution is 6.10. The van der Waals surface area contributed by atoms with Gasteiger partial charge in [0, 0.05) is 39.2 Å². The lowest BCUT2D eigenvalue weighted by molar-refractivity contribution is 1.18. The minimum atomic E-state index is 0.691. The Morgan fingerprint density at radius 3 is 1.60 bits per heavy atom. The first-order valence-corrected chi connectivity index (χ1v) is 16.7. The highest BCUT2D eigenvalue weighted by Gasteiger charge is 2.14. The van der Waals surface area contributed by atoms with Gasteiger partial charge in [0.2, 0.25) is 0 Å². The molecule has 4 heteroatoms. The molecule has 0 amide bonds. The van der Waals surface area contributed by atoms with Gasteiger partial charge in [0.25, 0.3) is 0 Å². The number of rotatable bonds is 6. The number of benzene rings is 6. The van der Waals surface area contributed by atoms with E-state index in [0.29, 0.717) is 5.82 Å². The van der Waals surface area contributed by atoms with Gasteiger partial charge in [0.05, 0.1) is 28.3 Å². The second-order valence-electron chi connectivity index (χ2n) is 12.3. The Bertz CT molecular complexity index is 2620. The Morgan fingerprint density at radius 2 is 0.860 bits per heavy atom. The topological polar surface area (TPSA) is 51.6 Å². The molecule has 3 aromatic heterocycles. The SMILES string of the molecule is c1ccc(-c2ccc(-c3cc(-c4cccc(-c5ccc(-c6nc7ccccc7c7ccccc67)nc5)c4)nc(-c4ccccc4)n3)cc2)cc1. The molecular weight excluding hydrogens is 609 g/mol. The predicted molar refractivity (Wildman–Crippen MR) is 205 cm³/mol. The van der Waals surface area contributed by atoms with Crippen LogP contribution in [0.5, 0.6) is 0 Å². The third-order valence-electron chi connectivity index (χ3n) is 9.15. The first-order chi connectivity index (χ1) is 24.8. The summed E-state index contributed by atoms with van der Waals surface area (Å²) in [7, 11) is 0. The maximum Gasteiger partial charge on any atom is 0.160 e. The van der Waals surface area contributed by atoms with E-state index in [9.17, 15) is 0 Å². The van der Waals surface area contributed by atoms with Crippen molar-refractivity contribution in [3.8, 4) is 67.5 Å². The Labute approximate surface area is 290 Å². The summed E-state index contributed by atoms with van der Waals surface area (Å²) in [6.07, 6.45) is 1.94. The molecule has 234 valence electrons. The maximum atomic E-state index is 5.07. The molecule has 0 bridgehead atoms. The van der Waals surface area contributed by atoms with E-state index < -0.39 is 0 Å². The Morgan fingerprint density at radius 1 is 0.300 bits per heavy atom. The lowest BCUT2D eigenvalue weighted by Gasteiger charge is -2.12. The Balaban J connectivity index is 1.09.